The van der Waals surface area contributed by atoms with Crippen LogP contribution in [0.4, 0.5) is 4.79 Å². The van der Waals surface area contributed by atoms with Crippen molar-refractivity contribution >= 4 is 27.9 Å². The molecule has 0 saturated carbocycles. The van der Waals surface area contributed by atoms with Crippen molar-refractivity contribution in [3.05, 3.63) is 34.3 Å². The summed E-state index contributed by atoms with van der Waals surface area (Å²) < 4.78 is 1.02. The smallest absolute Gasteiger partial charge is 0.321 e. The first-order chi connectivity index (χ1) is 10.9. The van der Waals surface area contributed by atoms with Crippen LogP contribution >= 0.6 is 15.9 Å². The highest BCUT2D eigenvalue weighted by Gasteiger charge is 2.12. The molecule has 3 N–H and O–H groups in total. The first-order valence-corrected chi connectivity index (χ1v) is 8.78. The SMILES string of the molecule is CC[C@H](NCC(=O)NC(=O)NCCC(C)C)c1ccc(Br)cc1. The molecule has 1 atom stereocenters. The number of amides is 3. The summed E-state index contributed by atoms with van der Waals surface area (Å²) in [6.07, 6.45) is 1.75. The molecule has 0 aliphatic rings. The molecular formula is C17H26BrN3O2. The van der Waals surface area contributed by atoms with Crippen LogP contribution in [0.1, 0.15) is 45.2 Å². The predicted octanol–water partition coefficient (Wildman–Crippen LogP) is 3.36. The molecule has 0 unspecified atom stereocenters. The summed E-state index contributed by atoms with van der Waals surface area (Å²) >= 11 is 3.41. The zero-order chi connectivity index (χ0) is 17.2. The molecule has 1 rings (SSSR count). The Balaban J connectivity index is 2.35. The second kappa shape index (κ2) is 10.4. The topological polar surface area (TPSA) is 70.2 Å². The fourth-order valence-electron chi connectivity index (χ4n) is 2.10. The van der Waals surface area contributed by atoms with Gasteiger partial charge in [-0.3, -0.25) is 10.1 Å². The van der Waals surface area contributed by atoms with E-state index in [9.17, 15) is 9.59 Å². The van der Waals surface area contributed by atoms with E-state index in [1.807, 2.05) is 24.3 Å². The highest BCUT2D eigenvalue weighted by Crippen LogP contribution is 2.19. The van der Waals surface area contributed by atoms with Crippen LogP contribution in [-0.2, 0) is 4.79 Å². The number of urea groups is 1. The van der Waals surface area contributed by atoms with Gasteiger partial charge < -0.3 is 10.6 Å². The molecule has 5 nitrogen and oxygen atoms in total. The quantitative estimate of drug-likeness (QED) is 0.644. The van der Waals surface area contributed by atoms with E-state index >= 15 is 0 Å². The van der Waals surface area contributed by atoms with E-state index in [2.05, 4.69) is 52.7 Å². The van der Waals surface area contributed by atoms with Crippen molar-refractivity contribution < 1.29 is 9.59 Å². The lowest BCUT2D eigenvalue weighted by atomic mass is 10.0. The first-order valence-electron chi connectivity index (χ1n) is 7.98. The van der Waals surface area contributed by atoms with Gasteiger partial charge in [-0.15, -0.1) is 0 Å². The molecule has 128 valence electrons. The van der Waals surface area contributed by atoms with Crippen molar-refractivity contribution in [3.8, 4) is 0 Å². The Morgan fingerprint density at radius 2 is 1.83 bits per heavy atom. The van der Waals surface area contributed by atoms with Gasteiger partial charge in [-0.05, 0) is 36.5 Å². The maximum Gasteiger partial charge on any atom is 0.321 e. The van der Waals surface area contributed by atoms with Gasteiger partial charge in [-0.1, -0.05) is 48.8 Å². The number of imide groups is 1. The van der Waals surface area contributed by atoms with Crippen LogP contribution in [0.25, 0.3) is 0 Å². The maximum atomic E-state index is 11.8. The molecular weight excluding hydrogens is 358 g/mol. The van der Waals surface area contributed by atoms with E-state index in [1.54, 1.807) is 0 Å². The van der Waals surface area contributed by atoms with Crippen molar-refractivity contribution in [2.45, 2.75) is 39.7 Å². The molecule has 0 bridgehead atoms. The van der Waals surface area contributed by atoms with Crippen LogP contribution < -0.4 is 16.0 Å². The second-order valence-corrected chi connectivity index (χ2v) is 6.80. The minimum atomic E-state index is -0.436. The molecule has 0 aliphatic heterocycles. The number of benzene rings is 1. The second-order valence-electron chi connectivity index (χ2n) is 5.88. The number of carbonyl (C=O) groups excluding carboxylic acids is 2. The number of carbonyl (C=O) groups is 2. The normalized spacial score (nSPS) is 12.0. The van der Waals surface area contributed by atoms with Crippen molar-refractivity contribution in [2.75, 3.05) is 13.1 Å². The lowest BCUT2D eigenvalue weighted by molar-refractivity contribution is -0.119. The van der Waals surface area contributed by atoms with E-state index < -0.39 is 6.03 Å². The summed E-state index contributed by atoms with van der Waals surface area (Å²) in [6.45, 7) is 6.90. The molecule has 0 radical (unpaired) electrons. The first kappa shape index (κ1) is 19.6. The van der Waals surface area contributed by atoms with Crippen LogP contribution in [0.3, 0.4) is 0 Å². The monoisotopic (exact) mass is 383 g/mol. The summed E-state index contributed by atoms with van der Waals surface area (Å²) in [7, 11) is 0. The van der Waals surface area contributed by atoms with Gasteiger partial charge >= 0.3 is 6.03 Å². The van der Waals surface area contributed by atoms with Gasteiger partial charge in [0.25, 0.3) is 0 Å². The summed E-state index contributed by atoms with van der Waals surface area (Å²) in [5.74, 6) is 0.187. The molecule has 0 spiro atoms. The van der Waals surface area contributed by atoms with E-state index in [0.29, 0.717) is 12.5 Å². The Labute approximate surface area is 146 Å². The van der Waals surface area contributed by atoms with Gasteiger partial charge in [-0.2, -0.15) is 0 Å². The van der Waals surface area contributed by atoms with Crippen LogP contribution in [0.15, 0.2) is 28.7 Å². The Morgan fingerprint density at radius 1 is 1.17 bits per heavy atom. The predicted molar refractivity (Wildman–Crippen MR) is 96.2 cm³/mol. The average Bonchev–Trinajstić information content (AvgIpc) is 2.49. The minimum absolute atomic E-state index is 0.0813. The van der Waals surface area contributed by atoms with E-state index in [1.165, 1.54) is 0 Å². The van der Waals surface area contributed by atoms with Crippen molar-refractivity contribution in [1.82, 2.24) is 16.0 Å². The van der Waals surface area contributed by atoms with E-state index in [4.69, 9.17) is 0 Å². The Morgan fingerprint density at radius 3 is 2.39 bits per heavy atom. The van der Waals surface area contributed by atoms with Gasteiger partial charge in [0.2, 0.25) is 5.91 Å². The zero-order valence-electron chi connectivity index (χ0n) is 14.0. The Bertz CT molecular complexity index is 503. The molecule has 1 aromatic rings. The van der Waals surface area contributed by atoms with E-state index in [-0.39, 0.29) is 18.5 Å². The lowest BCUT2D eigenvalue weighted by Gasteiger charge is -2.17. The Hall–Kier alpha value is -1.40. The summed E-state index contributed by atoms with van der Waals surface area (Å²) in [4.78, 5) is 23.4. The van der Waals surface area contributed by atoms with Gasteiger partial charge in [0.15, 0.2) is 0 Å². The number of halogens is 1. The third-order valence-electron chi connectivity index (χ3n) is 3.45. The average molecular weight is 384 g/mol. The van der Waals surface area contributed by atoms with Gasteiger partial charge in [-0.25, -0.2) is 4.79 Å². The van der Waals surface area contributed by atoms with E-state index in [0.717, 1.165) is 22.9 Å². The molecule has 0 fully saturated rings. The standard InChI is InChI=1S/C17H26BrN3O2/c1-4-15(13-5-7-14(18)8-6-13)20-11-16(22)21-17(23)19-10-9-12(2)3/h5-8,12,15,20H,4,9-11H2,1-3H3,(H2,19,21,22,23)/t15-/m0/s1. The third-order valence-corrected chi connectivity index (χ3v) is 3.98. The van der Waals surface area contributed by atoms with Gasteiger partial charge in [0.05, 0.1) is 6.54 Å². The summed E-state index contributed by atoms with van der Waals surface area (Å²) in [5.41, 5.74) is 1.12. The molecule has 0 heterocycles. The van der Waals surface area contributed by atoms with Crippen LogP contribution in [0.2, 0.25) is 0 Å². The number of rotatable bonds is 8. The molecule has 23 heavy (non-hydrogen) atoms. The molecule has 0 saturated heterocycles. The van der Waals surface area contributed by atoms with Crippen molar-refractivity contribution in [2.24, 2.45) is 5.92 Å². The highest BCUT2D eigenvalue weighted by molar-refractivity contribution is 9.10. The van der Waals surface area contributed by atoms with Crippen LogP contribution in [0, 0.1) is 5.92 Å². The number of nitrogens with one attached hydrogen (secondary N) is 3. The molecule has 0 aliphatic carbocycles. The maximum absolute atomic E-state index is 11.8. The summed E-state index contributed by atoms with van der Waals surface area (Å²) in [6, 6.07) is 7.62. The molecule has 0 aromatic heterocycles. The van der Waals surface area contributed by atoms with Crippen LogP contribution in [0.5, 0.6) is 0 Å². The molecule has 1 aromatic carbocycles. The van der Waals surface area contributed by atoms with Crippen molar-refractivity contribution in [3.63, 3.8) is 0 Å². The fourth-order valence-corrected chi connectivity index (χ4v) is 2.36. The molecule has 6 heteroatoms. The number of hydrogen-bond acceptors (Lipinski definition) is 3. The largest absolute Gasteiger partial charge is 0.338 e. The van der Waals surface area contributed by atoms with Crippen LogP contribution in [-0.4, -0.2) is 25.0 Å². The lowest BCUT2D eigenvalue weighted by Crippen LogP contribution is -2.44. The highest BCUT2D eigenvalue weighted by atomic mass is 79.9. The third kappa shape index (κ3) is 8.13. The minimum Gasteiger partial charge on any atom is -0.338 e. The summed E-state index contributed by atoms with van der Waals surface area (Å²) in [5, 5.41) is 8.19. The molecule has 3 amide bonds. The zero-order valence-corrected chi connectivity index (χ0v) is 15.6. The van der Waals surface area contributed by atoms with Crippen molar-refractivity contribution in [1.29, 1.82) is 0 Å². The van der Waals surface area contributed by atoms with Gasteiger partial charge in [0.1, 0.15) is 0 Å². The fraction of sp³-hybridized carbons (Fsp3) is 0.529. The number of hydrogen-bond donors (Lipinski definition) is 3. The van der Waals surface area contributed by atoms with Gasteiger partial charge in [0, 0.05) is 17.1 Å². The Kier molecular flexibility index (Phi) is 8.87.